The first-order valence-corrected chi connectivity index (χ1v) is 11.0. The second-order valence-corrected chi connectivity index (χ2v) is 9.58. The summed E-state index contributed by atoms with van der Waals surface area (Å²) in [7, 11) is 3.30. The van der Waals surface area contributed by atoms with E-state index in [0.717, 1.165) is 59.2 Å². The van der Waals surface area contributed by atoms with Gasteiger partial charge in [0.25, 0.3) is 0 Å². The van der Waals surface area contributed by atoms with Crippen LogP contribution in [0.2, 0.25) is 0 Å². The van der Waals surface area contributed by atoms with Crippen molar-refractivity contribution in [3.8, 4) is 0 Å². The Hall–Kier alpha value is 1.49. The van der Waals surface area contributed by atoms with E-state index in [4.69, 9.17) is 0 Å². The maximum absolute atomic E-state index is 4.66. The summed E-state index contributed by atoms with van der Waals surface area (Å²) in [6.07, 6.45) is 0. The number of methoxy groups -OCH3 is 2. The summed E-state index contributed by atoms with van der Waals surface area (Å²) in [6, 6.07) is 0. The van der Waals surface area contributed by atoms with E-state index in [9.17, 15) is 0 Å². The van der Waals surface area contributed by atoms with E-state index in [1.807, 2.05) is 0 Å². The predicted molar refractivity (Wildman–Crippen MR) is 121 cm³/mol. The van der Waals surface area contributed by atoms with Crippen LogP contribution in [0.15, 0.2) is 0 Å². The van der Waals surface area contributed by atoms with E-state index in [1.165, 1.54) is 0 Å². The second kappa shape index (κ2) is 15.3. The molecule has 0 bridgehead atoms. The van der Waals surface area contributed by atoms with Crippen LogP contribution in [0, 0.1) is 59.2 Å². The third-order valence-corrected chi connectivity index (χ3v) is 8.79. The second-order valence-electron chi connectivity index (χ2n) is 9.58. The third-order valence-electron chi connectivity index (χ3n) is 8.79. The van der Waals surface area contributed by atoms with Crippen molar-refractivity contribution < 1.29 is 9.47 Å². The maximum Gasteiger partial charge on any atom is 0.0696 e. The summed E-state index contributed by atoms with van der Waals surface area (Å²) in [5, 5.41) is 0. The van der Waals surface area contributed by atoms with Crippen molar-refractivity contribution in [1.82, 2.24) is 0 Å². The molecule has 2 aliphatic rings. The van der Waals surface area contributed by atoms with Crippen LogP contribution in [0.3, 0.4) is 0 Å². The fourth-order valence-electron chi connectivity index (χ4n) is 4.95. The van der Waals surface area contributed by atoms with Gasteiger partial charge >= 0.3 is 0 Å². The van der Waals surface area contributed by atoms with Gasteiger partial charge in [-0.1, -0.05) is 69.2 Å². The Kier molecular flexibility index (Phi) is 17.4. The van der Waals surface area contributed by atoms with E-state index in [-0.39, 0.29) is 48.9 Å². The molecule has 2 nitrogen and oxygen atoms in total. The molecule has 0 unspecified atom stereocenters. The molecule has 2 saturated carbocycles. The zero-order chi connectivity index (χ0) is 20.6. The monoisotopic (exact) mass is 508 g/mol. The van der Waals surface area contributed by atoms with Crippen molar-refractivity contribution in [2.45, 2.75) is 69.2 Å². The molecular formula is C24H50BaO2. The fraction of sp³-hybridized carbons (Fsp3) is 1.00. The van der Waals surface area contributed by atoms with Crippen LogP contribution in [0.25, 0.3) is 0 Å². The topological polar surface area (TPSA) is 18.5 Å². The molecule has 2 aliphatic carbocycles. The summed E-state index contributed by atoms with van der Waals surface area (Å²) in [5.74, 6) is 9.35. The Morgan fingerprint density at radius 1 is 0.370 bits per heavy atom. The molecule has 0 heterocycles. The van der Waals surface area contributed by atoms with Gasteiger partial charge in [0.2, 0.25) is 0 Å². The van der Waals surface area contributed by atoms with Gasteiger partial charge in [0.1, 0.15) is 0 Å². The van der Waals surface area contributed by atoms with Crippen molar-refractivity contribution in [1.29, 1.82) is 0 Å². The standard InChI is InChI=1S/2C10H20.C4H10O2.Ba/c2*1-6-7(2)9(4)10(5)8(6)3;1-5-3-4-6-2;/h2*6-10H,1-5H3;3-4H2,1-2H3;. The summed E-state index contributed by atoms with van der Waals surface area (Å²) in [6.45, 7) is 25.4. The molecule has 0 aliphatic heterocycles. The van der Waals surface area contributed by atoms with Gasteiger partial charge in [-0.3, -0.25) is 0 Å². The molecule has 0 aromatic heterocycles. The van der Waals surface area contributed by atoms with Gasteiger partial charge in [-0.25, -0.2) is 0 Å². The van der Waals surface area contributed by atoms with Crippen molar-refractivity contribution in [3.05, 3.63) is 0 Å². The van der Waals surface area contributed by atoms with E-state index in [1.54, 1.807) is 14.2 Å². The SMILES string of the molecule is CC1C(C)C(C)C(C)C1C.CC1C(C)C(C)C(C)C1C.COCCOC.[Ba]. The molecular weight excluding hydrogens is 458 g/mol. The number of hydrogen-bond donors (Lipinski definition) is 0. The van der Waals surface area contributed by atoms with Crippen LogP contribution < -0.4 is 0 Å². The minimum Gasteiger partial charge on any atom is -0.382 e. The van der Waals surface area contributed by atoms with Gasteiger partial charge in [0.05, 0.1) is 13.2 Å². The normalized spacial score (nSPS) is 43.1. The molecule has 0 atom stereocenters. The molecule has 160 valence electrons. The van der Waals surface area contributed by atoms with Gasteiger partial charge in [0, 0.05) is 63.1 Å². The van der Waals surface area contributed by atoms with Gasteiger partial charge < -0.3 is 9.47 Å². The zero-order valence-corrected chi connectivity index (χ0v) is 25.2. The van der Waals surface area contributed by atoms with E-state index in [2.05, 4.69) is 78.7 Å². The molecule has 2 rings (SSSR count). The van der Waals surface area contributed by atoms with Crippen molar-refractivity contribution in [2.75, 3.05) is 27.4 Å². The minimum absolute atomic E-state index is 0. The Balaban J connectivity index is 0. The van der Waals surface area contributed by atoms with Crippen LogP contribution in [-0.4, -0.2) is 76.3 Å². The van der Waals surface area contributed by atoms with Crippen molar-refractivity contribution in [3.63, 3.8) is 0 Å². The van der Waals surface area contributed by atoms with E-state index >= 15 is 0 Å². The van der Waals surface area contributed by atoms with Gasteiger partial charge in [0.15, 0.2) is 0 Å². The Bertz CT molecular complexity index is 239. The Morgan fingerprint density at radius 2 is 0.481 bits per heavy atom. The van der Waals surface area contributed by atoms with Gasteiger partial charge in [-0.05, 0) is 59.2 Å². The van der Waals surface area contributed by atoms with Crippen LogP contribution >= 0.6 is 0 Å². The van der Waals surface area contributed by atoms with Gasteiger partial charge in [-0.2, -0.15) is 0 Å². The quantitative estimate of drug-likeness (QED) is 0.331. The van der Waals surface area contributed by atoms with E-state index in [0.29, 0.717) is 13.2 Å². The molecule has 0 N–H and O–H groups in total. The first kappa shape index (κ1) is 30.7. The Morgan fingerprint density at radius 3 is 0.556 bits per heavy atom. The number of rotatable bonds is 3. The summed E-state index contributed by atoms with van der Waals surface area (Å²) in [4.78, 5) is 0. The van der Waals surface area contributed by atoms with Crippen molar-refractivity contribution in [2.24, 2.45) is 59.2 Å². The Labute approximate surface area is 212 Å². The fourth-order valence-corrected chi connectivity index (χ4v) is 4.95. The van der Waals surface area contributed by atoms with Crippen LogP contribution in [0.5, 0.6) is 0 Å². The average molecular weight is 508 g/mol. The van der Waals surface area contributed by atoms with Crippen LogP contribution in [0.1, 0.15) is 69.2 Å². The molecule has 0 aromatic carbocycles. The molecule has 0 aromatic rings. The molecule has 0 saturated heterocycles. The zero-order valence-electron chi connectivity index (χ0n) is 20.7. The summed E-state index contributed by atoms with van der Waals surface area (Å²) >= 11 is 0. The van der Waals surface area contributed by atoms with Crippen LogP contribution in [0.4, 0.5) is 0 Å². The third kappa shape index (κ3) is 9.02. The molecule has 3 heteroatoms. The van der Waals surface area contributed by atoms with Crippen LogP contribution in [-0.2, 0) is 9.47 Å². The predicted octanol–water partition coefficient (Wildman–Crippen LogP) is 6.26. The summed E-state index contributed by atoms with van der Waals surface area (Å²) in [5.41, 5.74) is 0. The molecule has 2 radical (unpaired) electrons. The first-order chi connectivity index (χ1) is 12.0. The molecule has 2 fully saturated rings. The first-order valence-electron chi connectivity index (χ1n) is 11.0. The minimum atomic E-state index is 0. The van der Waals surface area contributed by atoms with Gasteiger partial charge in [-0.15, -0.1) is 0 Å². The molecule has 0 spiro atoms. The number of ether oxygens (including phenoxy) is 2. The largest absolute Gasteiger partial charge is 0.382 e. The van der Waals surface area contributed by atoms with E-state index < -0.39 is 0 Å². The smallest absolute Gasteiger partial charge is 0.0696 e. The molecule has 0 amide bonds. The summed E-state index contributed by atoms with van der Waals surface area (Å²) < 4.78 is 9.31. The number of hydrogen-bond acceptors (Lipinski definition) is 2. The molecule has 27 heavy (non-hydrogen) atoms. The van der Waals surface area contributed by atoms with Crippen molar-refractivity contribution >= 4 is 48.9 Å². The maximum atomic E-state index is 4.66. The average Bonchev–Trinajstić information content (AvgIpc) is 2.91.